The number of aromatic nitrogens is 3. The van der Waals surface area contributed by atoms with Crippen molar-refractivity contribution in [1.82, 2.24) is 15.0 Å². The Bertz CT molecular complexity index is 1070. The van der Waals surface area contributed by atoms with E-state index in [1.54, 1.807) is 0 Å². The molecule has 1 aliphatic carbocycles. The van der Waals surface area contributed by atoms with E-state index in [-0.39, 0.29) is 45.4 Å². The lowest BCUT2D eigenvalue weighted by molar-refractivity contribution is -0.115. The SMILES string of the molecule is O=C1CCCC(n2nccn2)=C1C(=O)c1ccc2c(c1Cl)CCS2(=O)=O. The molecule has 0 bridgehead atoms. The normalized spacial score (nSPS) is 18.9. The summed E-state index contributed by atoms with van der Waals surface area (Å²) in [6, 6.07) is 2.78. The maximum Gasteiger partial charge on any atom is 0.200 e. The summed E-state index contributed by atoms with van der Waals surface area (Å²) in [7, 11) is -3.35. The van der Waals surface area contributed by atoms with Crippen LogP contribution < -0.4 is 0 Å². The lowest BCUT2D eigenvalue weighted by Crippen LogP contribution is -2.22. The largest absolute Gasteiger partial charge is 0.294 e. The van der Waals surface area contributed by atoms with Crippen LogP contribution >= 0.6 is 11.6 Å². The van der Waals surface area contributed by atoms with Crippen LogP contribution in [0.1, 0.15) is 35.2 Å². The van der Waals surface area contributed by atoms with E-state index >= 15 is 0 Å². The second kappa shape index (κ2) is 6.14. The molecule has 0 unspecified atom stereocenters. The van der Waals surface area contributed by atoms with E-state index in [0.717, 1.165) is 0 Å². The molecule has 0 radical (unpaired) electrons. The zero-order valence-electron chi connectivity index (χ0n) is 13.6. The number of carbonyl (C=O) groups excluding carboxylic acids is 2. The predicted octanol–water partition coefficient (Wildman–Crippen LogP) is 2.11. The van der Waals surface area contributed by atoms with Crippen LogP contribution in [-0.2, 0) is 21.1 Å². The first kappa shape index (κ1) is 17.1. The second-order valence-corrected chi connectivity index (χ2v) is 8.67. The van der Waals surface area contributed by atoms with Crippen molar-refractivity contribution in [2.45, 2.75) is 30.6 Å². The Morgan fingerprint density at radius 1 is 1.12 bits per heavy atom. The zero-order chi connectivity index (χ0) is 18.5. The van der Waals surface area contributed by atoms with Crippen LogP contribution in [0.4, 0.5) is 0 Å². The van der Waals surface area contributed by atoms with E-state index in [4.69, 9.17) is 11.6 Å². The number of hydrogen-bond donors (Lipinski definition) is 0. The highest BCUT2D eigenvalue weighted by molar-refractivity contribution is 7.91. The Morgan fingerprint density at radius 3 is 2.58 bits per heavy atom. The first-order chi connectivity index (χ1) is 12.4. The fraction of sp³-hybridized carbons (Fsp3) is 0.294. The summed E-state index contributed by atoms with van der Waals surface area (Å²) in [4.78, 5) is 27.0. The molecule has 4 rings (SSSR count). The molecule has 0 spiro atoms. The van der Waals surface area contributed by atoms with Gasteiger partial charge in [0.25, 0.3) is 0 Å². The fourth-order valence-corrected chi connectivity index (χ4v) is 5.37. The predicted molar refractivity (Wildman–Crippen MR) is 93.6 cm³/mol. The van der Waals surface area contributed by atoms with Gasteiger partial charge in [0.05, 0.1) is 39.3 Å². The molecule has 0 N–H and O–H groups in total. The van der Waals surface area contributed by atoms with Crippen molar-refractivity contribution in [3.05, 3.63) is 46.2 Å². The van der Waals surface area contributed by atoms with Crippen molar-refractivity contribution in [3.8, 4) is 0 Å². The van der Waals surface area contributed by atoms with Gasteiger partial charge in [0.2, 0.25) is 0 Å². The van der Waals surface area contributed by atoms with Crippen LogP contribution in [-0.4, -0.2) is 40.7 Å². The molecule has 0 saturated heterocycles. The standard InChI is InChI=1S/C17H14ClN3O4S/c18-16-10-6-9-26(24,25)14(10)5-4-11(16)17(23)15-12(2-1-3-13(15)22)21-19-7-8-20-21/h4-5,7-8H,1-3,6,9H2. The highest BCUT2D eigenvalue weighted by atomic mass is 35.5. The molecule has 26 heavy (non-hydrogen) atoms. The van der Waals surface area contributed by atoms with Crippen molar-refractivity contribution in [1.29, 1.82) is 0 Å². The molecule has 0 amide bonds. The molecule has 1 aliphatic heterocycles. The van der Waals surface area contributed by atoms with Crippen molar-refractivity contribution >= 4 is 38.7 Å². The van der Waals surface area contributed by atoms with Crippen molar-refractivity contribution in [3.63, 3.8) is 0 Å². The van der Waals surface area contributed by atoms with Gasteiger partial charge in [-0.1, -0.05) is 11.6 Å². The summed E-state index contributed by atoms with van der Waals surface area (Å²) >= 11 is 6.36. The number of sulfone groups is 1. The Kier molecular flexibility index (Phi) is 4.04. The number of hydrogen-bond acceptors (Lipinski definition) is 6. The van der Waals surface area contributed by atoms with Gasteiger partial charge >= 0.3 is 0 Å². The van der Waals surface area contributed by atoms with E-state index in [1.165, 1.54) is 29.3 Å². The summed E-state index contributed by atoms with van der Waals surface area (Å²) in [5, 5.41) is 8.17. The lowest BCUT2D eigenvalue weighted by Gasteiger charge is -2.18. The van der Waals surface area contributed by atoms with E-state index in [2.05, 4.69) is 10.2 Å². The molecule has 1 aromatic carbocycles. The minimum atomic E-state index is -3.35. The van der Waals surface area contributed by atoms with Crippen LogP contribution in [0.5, 0.6) is 0 Å². The van der Waals surface area contributed by atoms with Crippen molar-refractivity contribution < 1.29 is 18.0 Å². The topological polar surface area (TPSA) is 99.0 Å². The molecule has 0 atom stereocenters. The molecule has 0 fully saturated rings. The minimum Gasteiger partial charge on any atom is -0.294 e. The van der Waals surface area contributed by atoms with Crippen molar-refractivity contribution in [2.24, 2.45) is 0 Å². The molecule has 134 valence electrons. The van der Waals surface area contributed by atoms with Gasteiger partial charge in [-0.3, -0.25) is 9.59 Å². The van der Waals surface area contributed by atoms with Gasteiger partial charge in [-0.05, 0) is 37.0 Å². The third-order valence-corrected chi connectivity index (χ3v) is 6.90. The first-order valence-electron chi connectivity index (χ1n) is 8.12. The maximum atomic E-state index is 13.1. The highest BCUT2D eigenvalue weighted by Gasteiger charge is 2.34. The Morgan fingerprint density at radius 2 is 1.85 bits per heavy atom. The monoisotopic (exact) mass is 391 g/mol. The summed E-state index contributed by atoms with van der Waals surface area (Å²) in [6.07, 6.45) is 4.59. The van der Waals surface area contributed by atoms with E-state index < -0.39 is 15.6 Å². The Labute approximate surface area is 154 Å². The number of nitrogens with zero attached hydrogens (tertiary/aromatic N) is 3. The number of halogens is 1. The van der Waals surface area contributed by atoms with Gasteiger partial charge in [-0.25, -0.2) is 8.42 Å². The molecule has 7 nitrogen and oxygen atoms in total. The average molecular weight is 392 g/mol. The van der Waals surface area contributed by atoms with Gasteiger partial charge < -0.3 is 0 Å². The van der Waals surface area contributed by atoms with Gasteiger partial charge in [0, 0.05) is 12.0 Å². The molecule has 2 heterocycles. The van der Waals surface area contributed by atoms with Crippen LogP contribution in [0.15, 0.2) is 35.0 Å². The number of allylic oxidation sites excluding steroid dienone is 2. The van der Waals surface area contributed by atoms with Crippen LogP contribution in [0.2, 0.25) is 5.02 Å². The highest BCUT2D eigenvalue weighted by Crippen LogP contribution is 2.36. The molecular formula is C17H14ClN3O4S. The summed E-state index contributed by atoms with van der Waals surface area (Å²) in [6.45, 7) is 0. The molecule has 0 saturated carbocycles. The number of benzene rings is 1. The summed E-state index contributed by atoms with van der Waals surface area (Å²) in [5.74, 6) is -0.819. The van der Waals surface area contributed by atoms with Crippen molar-refractivity contribution in [2.75, 3.05) is 5.75 Å². The van der Waals surface area contributed by atoms with Crippen LogP contribution in [0, 0.1) is 0 Å². The van der Waals surface area contributed by atoms with E-state index in [9.17, 15) is 18.0 Å². The molecular weight excluding hydrogens is 378 g/mol. The molecule has 9 heteroatoms. The number of ketones is 2. The van der Waals surface area contributed by atoms with Crippen LogP contribution in [0.25, 0.3) is 5.70 Å². The average Bonchev–Trinajstić information content (AvgIpc) is 3.23. The van der Waals surface area contributed by atoms with Gasteiger partial charge in [0.15, 0.2) is 21.4 Å². The smallest absolute Gasteiger partial charge is 0.200 e. The van der Waals surface area contributed by atoms with Gasteiger partial charge in [-0.15, -0.1) is 0 Å². The first-order valence-corrected chi connectivity index (χ1v) is 10.1. The second-order valence-electron chi connectivity index (χ2n) is 6.22. The third kappa shape index (κ3) is 2.60. The minimum absolute atomic E-state index is 0.0233. The van der Waals surface area contributed by atoms with E-state index in [1.807, 2.05) is 0 Å². The fourth-order valence-electron chi connectivity index (χ4n) is 3.42. The number of fused-ring (bicyclic) bond motifs is 1. The summed E-state index contributed by atoms with van der Waals surface area (Å²) in [5.41, 5.74) is 1.05. The Balaban J connectivity index is 1.86. The van der Waals surface area contributed by atoms with Gasteiger partial charge in [-0.2, -0.15) is 15.0 Å². The van der Waals surface area contributed by atoms with Gasteiger partial charge in [0.1, 0.15) is 0 Å². The molecule has 1 aromatic heterocycles. The summed E-state index contributed by atoms with van der Waals surface area (Å²) < 4.78 is 24.0. The number of rotatable bonds is 3. The van der Waals surface area contributed by atoms with Crippen LogP contribution in [0.3, 0.4) is 0 Å². The zero-order valence-corrected chi connectivity index (χ0v) is 15.2. The van der Waals surface area contributed by atoms with E-state index in [0.29, 0.717) is 24.1 Å². The third-order valence-electron chi connectivity index (χ3n) is 4.67. The quantitative estimate of drug-likeness (QED) is 0.587. The number of carbonyl (C=O) groups is 2. The Hall–Kier alpha value is -2.32. The molecule has 2 aliphatic rings. The lowest BCUT2D eigenvalue weighted by atomic mass is 9.89. The maximum absolute atomic E-state index is 13.1. The number of Topliss-reactive ketones (excluding diaryl/α,β-unsaturated/α-hetero) is 2. The molecule has 2 aromatic rings.